The Balaban J connectivity index is 2.15. The van der Waals surface area contributed by atoms with E-state index in [1.807, 2.05) is 33.8 Å². The average molecular weight is 327 g/mol. The fourth-order valence-corrected chi connectivity index (χ4v) is 2.84. The summed E-state index contributed by atoms with van der Waals surface area (Å²) < 4.78 is 41.2. The van der Waals surface area contributed by atoms with Gasteiger partial charge < -0.3 is 10.1 Å². The van der Waals surface area contributed by atoms with E-state index in [2.05, 4.69) is 10.1 Å². The van der Waals surface area contributed by atoms with Crippen LogP contribution in [-0.4, -0.2) is 12.3 Å². The van der Waals surface area contributed by atoms with Crippen LogP contribution in [0.2, 0.25) is 0 Å². The van der Waals surface area contributed by atoms with Crippen LogP contribution in [-0.2, 0) is 4.79 Å². The number of amides is 1. The number of ether oxygens (including phenoxy) is 1. The van der Waals surface area contributed by atoms with Crippen LogP contribution < -0.4 is 10.1 Å². The Morgan fingerprint density at radius 2 is 1.87 bits per heavy atom. The molecule has 1 aromatic rings. The molecule has 0 radical (unpaired) electrons. The third-order valence-corrected chi connectivity index (χ3v) is 4.08. The number of alkyl halides is 3. The fraction of sp³-hybridized carbons (Fsp3) is 0.471. The van der Waals surface area contributed by atoms with Crippen molar-refractivity contribution >= 4 is 11.6 Å². The third-order valence-electron chi connectivity index (χ3n) is 4.08. The lowest BCUT2D eigenvalue weighted by Crippen LogP contribution is -2.21. The van der Waals surface area contributed by atoms with E-state index in [4.69, 9.17) is 0 Å². The molecule has 0 heterocycles. The summed E-state index contributed by atoms with van der Waals surface area (Å²) in [7, 11) is 0. The molecular weight excluding hydrogens is 307 g/mol. The number of allylic oxidation sites excluding steroid dienone is 2. The average Bonchev–Trinajstić information content (AvgIpc) is 2.90. The quantitative estimate of drug-likeness (QED) is 0.810. The van der Waals surface area contributed by atoms with E-state index in [1.165, 1.54) is 18.2 Å². The minimum Gasteiger partial charge on any atom is -0.404 e. The standard InChI is InChI=1S/C17H20F3NO2/c1-10(2)9-11-14(16(11,3)4)15(22)21-12-7-5-6-8-13(12)23-17(18,19)20/h5-9,11,14H,1-4H3,(H,21,22)/t11-,14+/m0/s1. The molecule has 0 saturated heterocycles. The Bertz CT molecular complexity index is 631. The normalized spacial score (nSPS) is 22.2. The topological polar surface area (TPSA) is 38.3 Å². The second kappa shape index (κ2) is 5.91. The first-order chi connectivity index (χ1) is 10.5. The molecule has 0 aromatic heterocycles. The number of anilines is 1. The van der Waals surface area contributed by atoms with Gasteiger partial charge in [-0.25, -0.2) is 0 Å². The molecule has 0 aliphatic heterocycles. The summed E-state index contributed by atoms with van der Waals surface area (Å²) >= 11 is 0. The van der Waals surface area contributed by atoms with Crippen molar-refractivity contribution in [1.29, 1.82) is 0 Å². The molecule has 23 heavy (non-hydrogen) atoms. The number of para-hydroxylation sites is 2. The van der Waals surface area contributed by atoms with E-state index in [0.29, 0.717) is 0 Å². The Hall–Kier alpha value is -1.98. The molecule has 1 fully saturated rings. The van der Waals surface area contributed by atoms with Gasteiger partial charge in [-0.1, -0.05) is 37.6 Å². The molecule has 1 amide bonds. The predicted molar refractivity (Wildman–Crippen MR) is 81.9 cm³/mol. The summed E-state index contributed by atoms with van der Waals surface area (Å²) in [5, 5.41) is 2.56. The minimum absolute atomic E-state index is 0.0217. The second-order valence-electron chi connectivity index (χ2n) is 6.60. The smallest absolute Gasteiger partial charge is 0.404 e. The van der Waals surface area contributed by atoms with Crippen molar-refractivity contribution in [1.82, 2.24) is 0 Å². The van der Waals surface area contributed by atoms with E-state index in [-0.39, 0.29) is 28.8 Å². The maximum absolute atomic E-state index is 12.4. The van der Waals surface area contributed by atoms with E-state index in [0.717, 1.165) is 5.57 Å². The molecular formula is C17H20F3NO2. The number of hydrogen-bond acceptors (Lipinski definition) is 2. The lowest BCUT2D eigenvalue weighted by molar-refractivity contribution is -0.274. The first-order valence-electron chi connectivity index (χ1n) is 7.33. The Morgan fingerprint density at radius 3 is 2.43 bits per heavy atom. The number of benzene rings is 1. The highest BCUT2D eigenvalue weighted by Crippen LogP contribution is 2.59. The van der Waals surface area contributed by atoms with Crippen molar-refractivity contribution in [2.75, 3.05) is 5.32 Å². The van der Waals surface area contributed by atoms with E-state index in [1.54, 1.807) is 6.07 Å². The maximum Gasteiger partial charge on any atom is 0.573 e. The molecule has 2 rings (SSSR count). The van der Waals surface area contributed by atoms with Gasteiger partial charge in [-0.15, -0.1) is 13.2 Å². The SMILES string of the molecule is CC(C)=C[C@H]1[C@H](C(=O)Nc2ccccc2OC(F)(F)F)C1(C)C. The second-order valence-corrected chi connectivity index (χ2v) is 6.60. The molecule has 6 heteroatoms. The van der Waals surface area contributed by atoms with E-state index in [9.17, 15) is 18.0 Å². The summed E-state index contributed by atoms with van der Waals surface area (Å²) in [4.78, 5) is 12.4. The third kappa shape index (κ3) is 4.06. The summed E-state index contributed by atoms with van der Waals surface area (Å²) in [5.74, 6) is -0.888. The molecule has 1 aliphatic rings. The minimum atomic E-state index is -4.80. The molecule has 0 unspecified atom stereocenters. The van der Waals surface area contributed by atoms with Gasteiger partial charge in [-0.3, -0.25) is 4.79 Å². The molecule has 1 aromatic carbocycles. The predicted octanol–water partition coefficient (Wildman–Crippen LogP) is 4.76. The molecule has 3 nitrogen and oxygen atoms in total. The molecule has 0 bridgehead atoms. The van der Waals surface area contributed by atoms with Crippen LogP contribution in [0.1, 0.15) is 27.7 Å². The van der Waals surface area contributed by atoms with Crippen molar-refractivity contribution < 1.29 is 22.7 Å². The first-order valence-corrected chi connectivity index (χ1v) is 7.33. The van der Waals surface area contributed by atoms with Crippen molar-refractivity contribution in [3.63, 3.8) is 0 Å². The van der Waals surface area contributed by atoms with Crippen molar-refractivity contribution in [3.05, 3.63) is 35.9 Å². The number of hydrogen-bond donors (Lipinski definition) is 1. The number of nitrogens with one attached hydrogen (secondary N) is 1. The summed E-state index contributed by atoms with van der Waals surface area (Å²) in [6.07, 6.45) is -2.77. The zero-order valence-electron chi connectivity index (χ0n) is 13.5. The highest BCUT2D eigenvalue weighted by molar-refractivity contribution is 5.96. The monoisotopic (exact) mass is 327 g/mol. The van der Waals surface area contributed by atoms with Gasteiger partial charge in [0.2, 0.25) is 5.91 Å². The van der Waals surface area contributed by atoms with Gasteiger partial charge in [0, 0.05) is 0 Å². The molecule has 126 valence electrons. The molecule has 0 spiro atoms. The van der Waals surface area contributed by atoms with Crippen LogP contribution >= 0.6 is 0 Å². The number of rotatable bonds is 4. The van der Waals surface area contributed by atoms with Gasteiger partial charge in [-0.05, 0) is 37.3 Å². The van der Waals surface area contributed by atoms with Gasteiger partial charge in [0.15, 0.2) is 5.75 Å². The van der Waals surface area contributed by atoms with Crippen LogP contribution in [0.25, 0.3) is 0 Å². The van der Waals surface area contributed by atoms with E-state index >= 15 is 0 Å². The largest absolute Gasteiger partial charge is 0.573 e. The highest BCUT2D eigenvalue weighted by Gasteiger charge is 2.60. The molecule has 1 N–H and O–H groups in total. The Kier molecular flexibility index (Phi) is 4.46. The maximum atomic E-state index is 12.4. The fourth-order valence-electron chi connectivity index (χ4n) is 2.84. The van der Waals surface area contributed by atoms with Gasteiger partial charge >= 0.3 is 6.36 Å². The van der Waals surface area contributed by atoms with Crippen LogP contribution in [0.4, 0.5) is 18.9 Å². The Morgan fingerprint density at radius 1 is 1.26 bits per heavy atom. The van der Waals surface area contributed by atoms with Gasteiger partial charge in [-0.2, -0.15) is 0 Å². The lowest BCUT2D eigenvalue weighted by atomic mass is 10.1. The van der Waals surface area contributed by atoms with Crippen LogP contribution in [0.5, 0.6) is 5.75 Å². The van der Waals surface area contributed by atoms with Crippen LogP contribution in [0.15, 0.2) is 35.9 Å². The molecule has 2 atom stereocenters. The Labute approximate surface area is 133 Å². The van der Waals surface area contributed by atoms with Gasteiger partial charge in [0.1, 0.15) is 0 Å². The van der Waals surface area contributed by atoms with Gasteiger partial charge in [0.05, 0.1) is 11.6 Å². The number of carbonyl (C=O) groups is 1. The zero-order chi connectivity index (χ0) is 17.4. The summed E-state index contributed by atoms with van der Waals surface area (Å²) in [6, 6.07) is 5.53. The van der Waals surface area contributed by atoms with Crippen molar-refractivity contribution in [2.24, 2.45) is 17.3 Å². The first kappa shape index (κ1) is 17.4. The molecule has 1 aliphatic carbocycles. The summed E-state index contributed by atoms with van der Waals surface area (Å²) in [5.41, 5.74) is 0.925. The van der Waals surface area contributed by atoms with Crippen LogP contribution in [0, 0.1) is 17.3 Å². The summed E-state index contributed by atoms with van der Waals surface area (Å²) in [6.45, 7) is 7.85. The number of carbonyl (C=O) groups excluding carboxylic acids is 1. The zero-order valence-corrected chi connectivity index (χ0v) is 13.5. The van der Waals surface area contributed by atoms with Gasteiger partial charge in [0.25, 0.3) is 0 Å². The number of halogens is 3. The van der Waals surface area contributed by atoms with E-state index < -0.39 is 12.1 Å². The lowest BCUT2D eigenvalue weighted by Gasteiger charge is -2.14. The highest BCUT2D eigenvalue weighted by atomic mass is 19.4. The van der Waals surface area contributed by atoms with Crippen molar-refractivity contribution in [2.45, 2.75) is 34.1 Å². The van der Waals surface area contributed by atoms with Crippen LogP contribution in [0.3, 0.4) is 0 Å². The molecule has 1 saturated carbocycles. The van der Waals surface area contributed by atoms with Crippen molar-refractivity contribution in [3.8, 4) is 5.75 Å².